The van der Waals surface area contributed by atoms with E-state index in [0.29, 0.717) is 25.5 Å². The molecular formula is C20H19NO3. The number of carbonyl (C=O) groups excluding carboxylic acids is 1. The van der Waals surface area contributed by atoms with Crippen LogP contribution >= 0.6 is 0 Å². The van der Waals surface area contributed by atoms with Gasteiger partial charge in [0.25, 0.3) is 0 Å². The number of hydrogen-bond acceptors (Lipinski definition) is 4. The second-order valence-corrected chi connectivity index (χ2v) is 5.51. The van der Waals surface area contributed by atoms with Gasteiger partial charge in [-0.2, -0.15) is 0 Å². The van der Waals surface area contributed by atoms with Crippen molar-refractivity contribution in [1.82, 2.24) is 0 Å². The van der Waals surface area contributed by atoms with Crippen LogP contribution in [0.3, 0.4) is 0 Å². The van der Waals surface area contributed by atoms with Crippen molar-refractivity contribution >= 4 is 12.0 Å². The maximum absolute atomic E-state index is 12.1. The molecule has 1 unspecified atom stereocenters. The molecule has 1 aliphatic rings. The van der Waals surface area contributed by atoms with Gasteiger partial charge in [0.1, 0.15) is 0 Å². The highest BCUT2D eigenvalue weighted by Gasteiger charge is 2.19. The first-order valence-electron chi connectivity index (χ1n) is 7.87. The Labute approximate surface area is 141 Å². The number of ether oxygens (including phenoxy) is 2. The van der Waals surface area contributed by atoms with Gasteiger partial charge in [-0.15, -0.1) is 0 Å². The summed E-state index contributed by atoms with van der Waals surface area (Å²) >= 11 is 0. The van der Waals surface area contributed by atoms with Crippen molar-refractivity contribution in [2.75, 3.05) is 6.61 Å². The topological polar surface area (TPSA) is 47.9 Å². The lowest BCUT2D eigenvalue weighted by atomic mass is 10.1. The van der Waals surface area contributed by atoms with Gasteiger partial charge in [-0.1, -0.05) is 60.7 Å². The lowest BCUT2D eigenvalue weighted by Crippen LogP contribution is -2.27. The second kappa shape index (κ2) is 8.34. The molecule has 0 aliphatic carbocycles. The molecule has 0 fully saturated rings. The fraction of sp³-hybridized carbons (Fsp3) is 0.200. The number of carbonyl (C=O) groups is 1. The third kappa shape index (κ3) is 4.72. The number of aliphatic imine (C=N–C) groups is 1. The molecule has 4 heteroatoms. The molecule has 0 N–H and O–H groups in total. The molecule has 0 spiro atoms. The van der Waals surface area contributed by atoms with Gasteiger partial charge >= 0.3 is 0 Å². The van der Waals surface area contributed by atoms with Crippen LogP contribution in [0.25, 0.3) is 0 Å². The number of nitrogens with zero attached hydrogens (tertiary/aromatic N) is 1. The third-order valence-corrected chi connectivity index (χ3v) is 3.60. The van der Waals surface area contributed by atoms with Gasteiger partial charge in [0.15, 0.2) is 11.9 Å². The fourth-order valence-electron chi connectivity index (χ4n) is 2.33. The van der Waals surface area contributed by atoms with E-state index < -0.39 is 6.10 Å². The number of ketones is 1. The highest BCUT2D eigenvalue weighted by molar-refractivity contribution is 6.07. The fourth-order valence-corrected chi connectivity index (χ4v) is 2.33. The Morgan fingerprint density at radius 3 is 2.08 bits per heavy atom. The molecule has 24 heavy (non-hydrogen) atoms. The average Bonchev–Trinajstić information content (AvgIpc) is 2.63. The van der Waals surface area contributed by atoms with E-state index in [1.165, 1.54) is 6.08 Å². The minimum Gasteiger partial charge on any atom is -0.370 e. The van der Waals surface area contributed by atoms with E-state index in [-0.39, 0.29) is 5.78 Å². The van der Waals surface area contributed by atoms with Crippen molar-refractivity contribution in [2.45, 2.75) is 19.3 Å². The maximum atomic E-state index is 12.1. The first kappa shape index (κ1) is 16.3. The molecule has 1 atom stereocenters. The minimum absolute atomic E-state index is 0.0979. The molecule has 0 radical (unpaired) electrons. The van der Waals surface area contributed by atoms with Gasteiger partial charge in [-0.25, -0.2) is 0 Å². The van der Waals surface area contributed by atoms with Gasteiger partial charge in [0, 0.05) is 12.3 Å². The van der Waals surface area contributed by atoms with Crippen LogP contribution in [0, 0.1) is 0 Å². The van der Waals surface area contributed by atoms with Crippen molar-refractivity contribution in [3.63, 3.8) is 0 Å². The van der Waals surface area contributed by atoms with Crippen molar-refractivity contribution in [2.24, 2.45) is 4.99 Å². The van der Waals surface area contributed by atoms with Crippen LogP contribution in [-0.4, -0.2) is 24.7 Å². The third-order valence-electron chi connectivity index (χ3n) is 3.60. The highest BCUT2D eigenvalue weighted by atomic mass is 16.5. The summed E-state index contributed by atoms with van der Waals surface area (Å²) in [7, 11) is 0. The molecule has 0 amide bonds. The average molecular weight is 321 g/mol. The molecule has 2 aromatic carbocycles. The van der Waals surface area contributed by atoms with Crippen LogP contribution in [0.1, 0.15) is 11.1 Å². The van der Waals surface area contributed by atoms with Crippen molar-refractivity contribution in [1.29, 1.82) is 0 Å². The van der Waals surface area contributed by atoms with E-state index in [0.717, 1.165) is 11.1 Å². The standard InChI is InChI=1S/C20H19NO3/c22-19-11-18(15-23-13-16-7-3-1-4-8-16)21-12-20(19)24-14-17-9-5-2-6-10-17/h1-12,20H,13-15H2. The van der Waals surface area contributed by atoms with E-state index in [1.807, 2.05) is 60.7 Å². The van der Waals surface area contributed by atoms with Gasteiger partial charge in [-0.05, 0) is 11.1 Å². The first-order chi connectivity index (χ1) is 11.8. The Kier molecular flexibility index (Phi) is 5.66. The van der Waals surface area contributed by atoms with Gasteiger partial charge in [-0.3, -0.25) is 9.79 Å². The molecule has 3 rings (SSSR count). The molecule has 0 saturated carbocycles. The molecule has 4 nitrogen and oxygen atoms in total. The Bertz CT molecular complexity index is 723. The lowest BCUT2D eigenvalue weighted by Gasteiger charge is -2.15. The van der Waals surface area contributed by atoms with E-state index in [4.69, 9.17) is 9.47 Å². The first-order valence-corrected chi connectivity index (χ1v) is 7.87. The van der Waals surface area contributed by atoms with E-state index in [9.17, 15) is 4.79 Å². The Morgan fingerprint density at radius 2 is 1.46 bits per heavy atom. The van der Waals surface area contributed by atoms with Crippen molar-refractivity contribution in [3.8, 4) is 0 Å². The molecule has 1 aliphatic heterocycles. The van der Waals surface area contributed by atoms with E-state index in [1.54, 1.807) is 6.21 Å². The van der Waals surface area contributed by atoms with Crippen molar-refractivity contribution in [3.05, 3.63) is 83.6 Å². The summed E-state index contributed by atoms with van der Waals surface area (Å²) in [5.41, 5.74) is 2.74. The highest BCUT2D eigenvalue weighted by Crippen LogP contribution is 2.11. The summed E-state index contributed by atoms with van der Waals surface area (Å²) in [4.78, 5) is 16.4. The minimum atomic E-state index is -0.622. The molecule has 2 aromatic rings. The van der Waals surface area contributed by atoms with Gasteiger partial charge in [0.05, 0.1) is 25.5 Å². The number of benzene rings is 2. The van der Waals surface area contributed by atoms with E-state index in [2.05, 4.69) is 4.99 Å². The van der Waals surface area contributed by atoms with Crippen LogP contribution in [0.2, 0.25) is 0 Å². The van der Waals surface area contributed by atoms with Crippen LogP contribution < -0.4 is 0 Å². The summed E-state index contributed by atoms with van der Waals surface area (Å²) < 4.78 is 11.2. The smallest absolute Gasteiger partial charge is 0.191 e. The lowest BCUT2D eigenvalue weighted by molar-refractivity contribution is -0.122. The maximum Gasteiger partial charge on any atom is 0.191 e. The molecular weight excluding hydrogens is 302 g/mol. The summed E-state index contributed by atoms with van der Waals surface area (Å²) in [6.07, 6.45) is 2.43. The van der Waals surface area contributed by atoms with Crippen LogP contribution in [-0.2, 0) is 27.5 Å². The van der Waals surface area contributed by atoms with E-state index >= 15 is 0 Å². The number of hydrogen-bond donors (Lipinski definition) is 0. The summed E-state index contributed by atoms with van der Waals surface area (Å²) in [6, 6.07) is 19.6. The molecule has 122 valence electrons. The predicted molar refractivity (Wildman–Crippen MR) is 92.7 cm³/mol. The van der Waals surface area contributed by atoms with Crippen LogP contribution in [0.15, 0.2) is 77.4 Å². The van der Waals surface area contributed by atoms with Crippen LogP contribution in [0.4, 0.5) is 0 Å². The second-order valence-electron chi connectivity index (χ2n) is 5.51. The largest absolute Gasteiger partial charge is 0.370 e. The van der Waals surface area contributed by atoms with Crippen molar-refractivity contribution < 1.29 is 14.3 Å². The molecule has 0 bridgehead atoms. The molecule has 0 aromatic heterocycles. The molecule has 1 heterocycles. The van der Waals surface area contributed by atoms with Crippen LogP contribution in [0.5, 0.6) is 0 Å². The summed E-state index contributed by atoms with van der Waals surface area (Å²) in [6.45, 7) is 1.19. The summed E-state index contributed by atoms with van der Waals surface area (Å²) in [5.74, 6) is -0.0979. The normalized spacial score (nSPS) is 16.9. The van der Waals surface area contributed by atoms with Gasteiger partial charge < -0.3 is 9.47 Å². The zero-order valence-electron chi connectivity index (χ0n) is 13.3. The Balaban J connectivity index is 1.45. The number of rotatable bonds is 7. The summed E-state index contributed by atoms with van der Waals surface area (Å²) in [5, 5.41) is 0. The predicted octanol–water partition coefficient (Wildman–Crippen LogP) is 3.33. The molecule has 0 saturated heterocycles. The zero-order chi connectivity index (χ0) is 16.6. The monoisotopic (exact) mass is 321 g/mol. The SMILES string of the molecule is O=C1C=C(COCc2ccccc2)N=CC1OCc1ccccc1. The Morgan fingerprint density at radius 1 is 0.833 bits per heavy atom. The Hall–Kier alpha value is -2.56. The zero-order valence-corrected chi connectivity index (χ0v) is 13.3. The quantitative estimate of drug-likeness (QED) is 0.786. The van der Waals surface area contributed by atoms with Gasteiger partial charge in [0.2, 0.25) is 0 Å².